The molecule has 1 aromatic carbocycles. The average Bonchev–Trinajstić information content (AvgIpc) is 2.58. The Hall–Kier alpha value is -2.25. The molecule has 124 valence electrons. The summed E-state index contributed by atoms with van der Waals surface area (Å²) < 4.78 is 16.2. The molecule has 0 aliphatic carbocycles. The molecule has 7 nitrogen and oxygen atoms in total. The van der Waals surface area contributed by atoms with Gasteiger partial charge in [0.2, 0.25) is 0 Å². The fourth-order valence-electron chi connectivity index (χ4n) is 1.97. The van der Waals surface area contributed by atoms with Gasteiger partial charge in [-0.1, -0.05) is 0 Å². The van der Waals surface area contributed by atoms with E-state index in [2.05, 4.69) is 15.0 Å². The van der Waals surface area contributed by atoms with Crippen molar-refractivity contribution in [3.63, 3.8) is 0 Å². The molecule has 7 heteroatoms. The highest BCUT2D eigenvalue weighted by molar-refractivity contribution is 5.68. The second-order valence-corrected chi connectivity index (χ2v) is 4.70. The van der Waals surface area contributed by atoms with E-state index in [1.165, 1.54) is 12.7 Å². The van der Waals surface area contributed by atoms with E-state index in [1.807, 2.05) is 6.92 Å². The Bertz CT molecular complexity index is 608. The van der Waals surface area contributed by atoms with Gasteiger partial charge in [-0.3, -0.25) is 0 Å². The molecule has 0 bridgehead atoms. The SMILES string of the molecule is CCOCCOCCOc1ccc(-c2ncncn2)c(O)c1C. The minimum Gasteiger partial charge on any atom is -0.507 e. The van der Waals surface area contributed by atoms with Gasteiger partial charge >= 0.3 is 0 Å². The summed E-state index contributed by atoms with van der Waals surface area (Å²) in [6.07, 6.45) is 2.78. The number of rotatable bonds is 9. The molecule has 2 aromatic rings. The Labute approximate surface area is 135 Å². The summed E-state index contributed by atoms with van der Waals surface area (Å²) >= 11 is 0. The first kappa shape index (κ1) is 17.1. The highest BCUT2D eigenvalue weighted by Gasteiger charge is 2.13. The van der Waals surface area contributed by atoms with Crippen molar-refractivity contribution >= 4 is 0 Å². The molecular weight excluding hydrogens is 298 g/mol. The first-order valence-electron chi connectivity index (χ1n) is 7.47. The van der Waals surface area contributed by atoms with Gasteiger partial charge in [-0.05, 0) is 26.0 Å². The predicted octanol–water partition coefficient (Wildman–Crippen LogP) is 1.98. The number of hydrogen-bond donors (Lipinski definition) is 1. The largest absolute Gasteiger partial charge is 0.507 e. The van der Waals surface area contributed by atoms with Crippen LogP contribution in [-0.4, -0.2) is 53.1 Å². The van der Waals surface area contributed by atoms with E-state index in [4.69, 9.17) is 14.2 Å². The lowest BCUT2D eigenvalue weighted by Gasteiger charge is -2.12. The molecule has 0 spiro atoms. The van der Waals surface area contributed by atoms with Crippen molar-refractivity contribution in [2.45, 2.75) is 13.8 Å². The summed E-state index contributed by atoms with van der Waals surface area (Å²) in [5.74, 6) is 1.13. The smallest absolute Gasteiger partial charge is 0.166 e. The maximum Gasteiger partial charge on any atom is 0.166 e. The van der Waals surface area contributed by atoms with Gasteiger partial charge in [0, 0.05) is 12.2 Å². The van der Waals surface area contributed by atoms with E-state index in [-0.39, 0.29) is 5.75 Å². The molecule has 0 aliphatic heterocycles. The van der Waals surface area contributed by atoms with Crippen LogP contribution in [0.25, 0.3) is 11.4 Å². The Balaban J connectivity index is 1.90. The highest BCUT2D eigenvalue weighted by atomic mass is 16.5. The monoisotopic (exact) mass is 319 g/mol. The van der Waals surface area contributed by atoms with Crippen LogP contribution in [0.4, 0.5) is 0 Å². The average molecular weight is 319 g/mol. The number of phenols is 1. The minimum atomic E-state index is 0.103. The lowest BCUT2D eigenvalue weighted by atomic mass is 10.1. The minimum absolute atomic E-state index is 0.103. The Morgan fingerprint density at radius 3 is 2.43 bits per heavy atom. The molecule has 1 N–H and O–H groups in total. The van der Waals surface area contributed by atoms with Crippen molar-refractivity contribution in [2.75, 3.05) is 33.0 Å². The van der Waals surface area contributed by atoms with Crippen molar-refractivity contribution in [3.05, 3.63) is 30.4 Å². The first-order chi connectivity index (χ1) is 11.2. The van der Waals surface area contributed by atoms with Gasteiger partial charge in [0.1, 0.15) is 30.8 Å². The lowest BCUT2D eigenvalue weighted by molar-refractivity contribution is 0.0404. The van der Waals surface area contributed by atoms with Crippen LogP contribution >= 0.6 is 0 Å². The molecule has 23 heavy (non-hydrogen) atoms. The molecule has 2 rings (SSSR count). The standard InChI is InChI=1S/C16H21N3O4/c1-3-21-6-7-22-8-9-23-14-5-4-13(15(20)12(14)2)16-18-10-17-11-19-16/h4-5,10-11,20H,3,6-9H2,1-2H3. The molecule has 0 saturated carbocycles. The van der Waals surface area contributed by atoms with Crippen molar-refractivity contribution in [1.29, 1.82) is 0 Å². The number of aromatic hydroxyl groups is 1. The molecule has 0 unspecified atom stereocenters. The van der Waals surface area contributed by atoms with Gasteiger partial charge in [0.05, 0.1) is 25.4 Å². The number of nitrogens with zero attached hydrogens (tertiary/aromatic N) is 3. The van der Waals surface area contributed by atoms with Gasteiger partial charge in [-0.15, -0.1) is 0 Å². The predicted molar refractivity (Wildman–Crippen MR) is 84.5 cm³/mol. The van der Waals surface area contributed by atoms with E-state index in [9.17, 15) is 5.11 Å². The van der Waals surface area contributed by atoms with Crippen LogP contribution < -0.4 is 4.74 Å². The van der Waals surface area contributed by atoms with E-state index in [0.29, 0.717) is 55.7 Å². The zero-order chi connectivity index (χ0) is 16.5. The maximum atomic E-state index is 10.3. The summed E-state index contributed by atoms with van der Waals surface area (Å²) in [7, 11) is 0. The second-order valence-electron chi connectivity index (χ2n) is 4.70. The molecule has 0 amide bonds. The highest BCUT2D eigenvalue weighted by Crippen LogP contribution is 2.35. The van der Waals surface area contributed by atoms with Gasteiger partial charge in [0.15, 0.2) is 5.82 Å². The Kier molecular flexibility index (Phi) is 6.71. The summed E-state index contributed by atoms with van der Waals surface area (Å²) in [5.41, 5.74) is 1.18. The number of aromatic nitrogens is 3. The van der Waals surface area contributed by atoms with Crippen LogP contribution in [0, 0.1) is 6.92 Å². The molecule has 0 aliphatic rings. The number of phenolic OH excluding ortho intramolecular Hbond substituents is 1. The molecule has 0 saturated heterocycles. The molecule has 1 heterocycles. The van der Waals surface area contributed by atoms with E-state index < -0.39 is 0 Å². The van der Waals surface area contributed by atoms with Crippen molar-refractivity contribution in [2.24, 2.45) is 0 Å². The third-order valence-electron chi connectivity index (χ3n) is 3.18. The third-order valence-corrected chi connectivity index (χ3v) is 3.18. The van der Waals surface area contributed by atoms with Crippen molar-refractivity contribution in [3.8, 4) is 22.9 Å². The van der Waals surface area contributed by atoms with Crippen LogP contribution in [0.15, 0.2) is 24.8 Å². The van der Waals surface area contributed by atoms with Crippen molar-refractivity contribution < 1.29 is 19.3 Å². The summed E-state index contributed by atoms with van der Waals surface area (Å²) in [5, 5.41) is 10.3. The zero-order valence-electron chi connectivity index (χ0n) is 13.4. The van der Waals surface area contributed by atoms with E-state index >= 15 is 0 Å². The van der Waals surface area contributed by atoms with Gasteiger partial charge in [-0.2, -0.15) is 0 Å². The second kappa shape index (κ2) is 9.02. The third kappa shape index (κ3) is 4.87. The normalized spacial score (nSPS) is 10.7. The molecular formula is C16H21N3O4. The molecule has 0 fully saturated rings. The van der Waals surface area contributed by atoms with Crippen LogP contribution in [-0.2, 0) is 9.47 Å². The van der Waals surface area contributed by atoms with Gasteiger partial charge in [-0.25, -0.2) is 15.0 Å². The van der Waals surface area contributed by atoms with Gasteiger partial charge in [0.25, 0.3) is 0 Å². The maximum absolute atomic E-state index is 10.3. The molecule has 0 radical (unpaired) electrons. The van der Waals surface area contributed by atoms with Crippen molar-refractivity contribution in [1.82, 2.24) is 15.0 Å². The van der Waals surface area contributed by atoms with E-state index in [0.717, 1.165) is 0 Å². The van der Waals surface area contributed by atoms with Gasteiger partial charge < -0.3 is 19.3 Å². The Morgan fingerprint density at radius 2 is 1.70 bits per heavy atom. The number of ether oxygens (including phenoxy) is 3. The fraction of sp³-hybridized carbons (Fsp3) is 0.438. The van der Waals surface area contributed by atoms with E-state index in [1.54, 1.807) is 19.1 Å². The number of benzene rings is 1. The first-order valence-corrected chi connectivity index (χ1v) is 7.47. The molecule has 1 aromatic heterocycles. The van der Waals surface area contributed by atoms with Crippen LogP contribution in [0.5, 0.6) is 11.5 Å². The van der Waals surface area contributed by atoms with Crippen LogP contribution in [0.1, 0.15) is 12.5 Å². The number of hydrogen-bond acceptors (Lipinski definition) is 7. The summed E-state index contributed by atoms with van der Waals surface area (Å²) in [6.45, 7) is 6.40. The van der Waals surface area contributed by atoms with Crippen LogP contribution in [0.3, 0.4) is 0 Å². The molecule has 0 atom stereocenters. The summed E-state index contributed by atoms with van der Waals surface area (Å²) in [4.78, 5) is 11.8. The fourth-order valence-corrected chi connectivity index (χ4v) is 1.97. The Morgan fingerprint density at radius 1 is 1.00 bits per heavy atom. The topological polar surface area (TPSA) is 86.6 Å². The van der Waals surface area contributed by atoms with Crippen LogP contribution in [0.2, 0.25) is 0 Å². The zero-order valence-corrected chi connectivity index (χ0v) is 13.4. The quantitative estimate of drug-likeness (QED) is 0.707. The summed E-state index contributed by atoms with van der Waals surface area (Å²) in [6, 6.07) is 3.51. The lowest BCUT2D eigenvalue weighted by Crippen LogP contribution is -2.11.